The topological polar surface area (TPSA) is 73.2 Å². The van der Waals surface area contributed by atoms with Crippen LogP contribution in [0.5, 0.6) is 0 Å². The Morgan fingerprint density at radius 2 is 1.74 bits per heavy atom. The van der Waals surface area contributed by atoms with Crippen LogP contribution < -0.4 is 5.32 Å². The molecule has 0 unspecified atom stereocenters. The molecule has 172 valence electrons. The van der Waals surface area contributed by atoms with Crippen molar-refractivity contribution in [3.05, 3.63) is 102 Å². The molecule has 0 saturated heterocycles. The number of esters is 1. The molecule has 6 nitrogen and oxygen atoms in total. The van der Waals surface area contributed by atoms with E-state index in [1.807, 2.05) is 0 Å². The first-order valence-corrected chi connectivity index (χ1v) is 10.3. The van der Waals surface area contributed by atoms with Gasteiger partial charge in [0.25, 0.3) is 5.91 Å². The number of aromatic nitrogens is 2. The number of carbonyl (C=O) groups is 2. The fraction of sp³-hybridized carbons (Fsp3) is 0.0800. The Labute approximate surface area is 192 Å². The number of halogens is 3. The first kappa shape index (κ1) is 22.8. The zero-order chi connectivity index (χ0) is 24.2. The van der Waals surface area contributed by atoms with Gasteiger partial charge in [0.1, 0.15) is 23.1 Å². The Morgan fingerprint density at radius 1 is 0.941 bits per heavy atom. The number of nitrogens with one attached hydrogen (secondary N) is 1. The van der Waals surface area contributed by atoms with E-state index in [1.165, 1.54) is 28.9 Å². The van der Waals surface area contributed by atoms with Crippen LogP contribution in [0.2, 0.25) is 0 Å². The van der Waals surface area contributed by atoms with Gasteiger partial charge < -0.3 is 10.1 Å². The Morgan fingerprint density at radius 3 is 2.50 bits per heavy atom. The van der Waals surface area contributed by atoms with E-state index in [-0.39, 0.29) is 23.7 Å². The van der Waals surface area contributed by atoms with Crippen molar-refractivity contribution in [2.45, 2.75) is 6.92 Å². The smallest absolute Gasteiger partial charge is 0.358 e. The predicted molar refractivity (Wildman–Crippen MR) is 119 cm³/mol. The Hall–Kier alpha value is -4.40. The molecule has 1 amide bonds. The molecular weight excluding hydrogens is 447 g/mol. The number of para-hydroxylation sites is 1. The second-order valence-electron chi connectivity index (χ2n) is 7.16. The lowest BCUT2D eigenvalue weighted by Crippen LogP contribution is -2.14. The van der Waals surface area contributed by atoms with Crippen LogP contribution in [0, 0.1) is 17.5 Å². The largest absolute Gasteiger partial charge is 0.461 e. The molecule has 0 radical (unpaired) electrons. The summed E-state index contributed by atoms with van der Waals surface area (Å²) in [4.78, 5) is 24.8. The first-order valence-electron chi connectivity index (χ1n) is 10.3. The maximum Gasteiger partial charge on any atom is 0.358 e. The second-order valence-corrected chi connectivity index (χ2v) is 7.16. The van der Waals surface area contributed by atoms with E-state index in [4.69, 9.17) is 4.74 Å². The van der Waals surface area contributed by atoms with Crippen molar-refractivity contribution in [1.82, 2.24) is 9.78 Å². The van der Waals surface area contributed by atoms with E-state index in [2.05, 4.69) is 10.4 Å². The fourth-order valence-corrected chi connectivity index (χ4v) is 3.32. The van der Waals surface area contributed by atoms with Crippen molar-refractivity contribution in [2.24, 2.45) is 0 Å². The van der Waals surface area contributed by atoms with Gasteiger partial charge in [-0.3, -0.25) is 4.79 Å². The molecule has 1 N–H and O–H groups in total. The highest BCUT2D eigenvalue weighted by atomic mass is 19.1. The lowest BCUT2D eigenvalue weighted by Gasteiger charge is -2.11. The number of carbonyl (C=O) groups excluding carboxylic acids is 2. The molecule has 4 aromatic rings. The molecule has 3 aromatic carbocycles. The van der Waals surface area contributed by atoms with Crippen LogP contribution in [-0.2, 0) is 4.74 Å². The van der Waals surface area contributed by atoms with Gasteiger partial charge in [-0.1, -0.05) is 24.3 Å². The third-order valence-electron chi connectivity index (χ3n) is 4.86. The maximum atomic E-state index is 14.5. The average molecular weight is 465 g/mol. The molecule has 0 aliphatic rings. The van der Waals surface area contributed by atoms with Crippen LogP contribution in [0.25, 0.3) is 16.9 Å². The Kier molecular flexibility index (Phi) is 6.44. The third kappa shape index (κ3) is 4.68. The summed E-state index contributed by atoms with van der Waals surface area (Å²) >= 11 is 0. The van der Waals surface area contributed by atoms with Crippen molar-refractivity contribution in [3.8, 4) is 16.9 Å². The van der Waals surface area contributed by atoms with Crippen molar-refractivity contribution >= 4 is 17.6 Å². The molecule has 0 bridgehead atoms. The molecule has 1 aromatic heterocycles. The first-order chi connectivity index (χ1) is 16.4. The summed E-state index contributed by atoms with van der Waals surface area (Å²) in [5.74, 6) is -3.70. The number of ether oxygens (including phenoxy) is 1. The predicted octanol–water partition coefficient (Wildman–Crippen LogP) is 5.39. The summed E-state index contributed by atoms with van der Waals surface area (Å²) in [6, 6.07) is 16.3. The molecule has 0 saturated carbocycles. The van der Waals surface area contributed by atoms with E-state index in [0.717, 1.165) is 18.2 Å². The van der Waals surface area contributed by atoms with E-state index in [1.54, 1.807) is 37.3 Å². The quantitative estimate of drug-likeness (QED) is 0.388. The normalized spacial score (nSPS) is 10.7. The molecule has 0 aliphatic carbocycles. The number of hydrogen-bond acceptors (Lipinski definition) is 4. The summed E-state index contributed by atoms with van der Waals surface area (Å²) in [5.41, 5.74) is 0.710. The Bertz CT molecular complexity index is 1380. The minimum absolute atomic E-state index is 0.0311. The molecular formula is C25H18F3N3O3. The highest BCUT2D eigenvalue weighted by Crippen LogP contribution is 2.28. The summed E-state index contributed by atoms with van der Waals surface area (Å²) in [7, 11) is 0. The zero-order valence-corrected chi connectivity index (χ0v) is 17.9. The van der Waals surface area contributed by atoms with Crippen molar-refractivity contribution in [3.63, 3.8) is 0 Å². The summed E-state index contributed by atoms with van der Waals surface area (Å²) in [6.45, 7) is 1.79. The molecule has 0 atom stereocenters. The second kappa shape index (κ2) is 9.62. The number of rotatable bonds is 6. The third-order valence-corrected chi connectivity index (χ3v) is 4.86. The average Bonchev–Trinajstić information content (AvgIpc) is 3.27. The van der Waals surface area contributed by atoms with E-state index in [9.17, 15) is 22.8 Å². The van der Waals surface area contributed by atoms with Gasteiger partial charge in [0.2, 0.25) is 0 Å². The van der Waals surface area contributed by atoms with Crippen LogP contribution in [0.4, 0.5) is 18.9 Å². The minimum Gasteiger partial charge on any atom is -0.461 e. The molecule has 9 heteroatoms. The highest BCUT2D eigenvalue weighted by Gasteiger charge is 2.20. The van der Waals surface area contributed by atoms with Gasteiger partial charge in [0.15, 0.2) is 5.69 Å². The minimum atomic E-state index is -0.869. The van der Waals surface area contributed by atoms with E-state index in [0.29, 0.717) is 11.3 Å². The zero-order valence-electron chi connectivity index (χ0n) is 17.9. The van der Waals surface area contributed by atoms with Gasteiger partial charge >= 0.3 is 5.97 Å². The molecule has 0 aliphatic heterocycles. The van der Waals surface area contributed by atoms with Gasteiger partial charge in [-0.05, 0) is 55.5 Å². The molecule has 34 heavy (non-hydrogen) atoms. The van der Waals surface area contributed by atoms with Gasteiger partial charge in [-0.15, -0.1) is 0 Å². The van der Waals surface area contributed by atoms with Crippen LogP contribution >= 0.6 is 0 Å². The molecule has 1 heterocycles. The van der Waals surface area contributed by atoms with E-state index < -0.39 is 34.9 Å². The van der Waals surface area contributed by atoms with Gasteiger partial charge in [0.05, 0.1) is 17.9 Å². The molecule has 0 spiro atoms. The van der Waals surface area contributed by atoms with Gasteiger partial charge in [0, 0.05) is 11.3 Å². The maximum absolute atomic E-state index is 14.5. The summed E-state index contributed by atoms with van der Waals surface area (Å²) in [5, 5.41) is 6.74. The van der Waals surface area contributed by atoms with Crippen LogP contribution in [0.1, 0.15) is 27.8 Å². The monoisotopic (exact) mass is 465 g/mol. The van der Waals surface area contributed by atoms with Gasteiger partial charge in [-0.2, -0.15) is 5.10 Å². The Balaban J connectivity index is 1.74. The number of anilines is 1. The van der Waals surface area contributed by atoms with Crippen LogP contribution in [0.15, 0.2) is 72.8 Å². The number of hydrogen-bond donors (Lipinski definition) is 1. The molecule has 0 fully saturated rings. The van der Waals surface area contributed by atoms with Crippen LogP contribution in [0.3, 0.4) is 0 Å². The van der Waals surface area contributed by atoms with E-state index >= 15 is 0 Å². The summed E-state index contributed by atoms with van der Waals surface area (Å²) in [6.07, 6.45) is 0. The number of nitrogens with zero attached hydrogens (tertiary/aromatic N) is 2. The SMILES string of the molecule is CCOC(=O)c1cc(-c2cccc(NC(=O)c3cc(F)ccc3F)c2)n(-c2ccccc2F)n1. The standard InChI is InChI=1S/C25H18F3N3O3/c1-2-34-25(33)21-14-23(31(30-21)22-9-4-3-8-20(22)28)15-6-5-7-17(12-15)29-24(32)18-13-16(26)10-11-19(18)27/h3-14H,2H2,1H3,(H,29,32). The lowest BCUT2D eigenvalue weighted by molar-refractivity contribution is 0.0518. The van der Waals surface area contributed by atoms with Crippen molar-refractivity contribution in [1.29, 1.82) is 0 Å². The summed E-state index contributed by atoms with van der Waals surface area (Å²) < 4.78 is 48.2. The fourth-order valence-electron chi connectivity index (χ4n) is 3.32. The number of benzene rings is 3. The van der Waals surface area contributed by atoms with Crippen LogP contribution in [-0.4, -0.2) is 28.3 Å². The number of amides is 1. The molecule has 4 rings (SSSR count). The highest BCUT2D eigenvalue weighted by molar-refractivity contribution is 6.04. The lowest BCUT2D eigenvalue weighted by atomic mass is 10.1. The van der Waals surface area contributed by atoms with Crippen molar-refractivity contribution in [2.75, 3.05) is 11.9 Å². The van der Waals surface area contributed by atoms with Crippen molar-refractivity contribution < 1.29 is 27.5 Å². The van der Waals surface area contributed by atoms with Gasteiger partial charge in [-0.25, -0.2) is 22.6 Å².